The van der Waals surface area contributed by atoms with E-state index in [-0.39, 0.29) is 6.04 Å². The van der Waals surface area contributed by atoms with Crippen LogP contribution in [0.25, 0.3) is 0 Å². The van der Waals surface area contributed by atoms with Gasteiger partial charge in [-0.05, 0) is 42.2 Å². The van der Waals surface area contributed by atoms with Gasteiger partial charge < -0.3 is 15.2 Å². The Morgan fingerprint density at radius 3 is 2.60 bits per heavy atom. The molecule has 1 aliphatic heterocycles. The molecule has 2 aromatic carbocycles. The molecule has 0 aliphatic carbocycles. The van der Waals surface area contributed by atoms with Crippen molar-refractivity contribution in [2.75, 3.05) is 13.2 Å². The number of hydrogen-bond donors (Lipinski definition) is 1. The molecule has 0 amide bonds. The van der Waals surface area contributed by atoms with E-state index in [4.69, 9.17) is 15.2 Å². The van der Waals surface area contributed by atoms with Crippen molar-refractivity contribution in [3.63, 3.8) is 0 Å². The molecule has 0 saturated carbocycles. The lowest BCUT2D eigenvalue weighted by Crippen LogP contribution is -2.17. The Bertz CT molecular complexity index is 610. The molecule has 1 aliphatic rings. The zero-order valence-corrected chi connectivity index (χ0v) is 11.6. The molecule has 2 aromatic rings. The van der Waals surface area contributed by atoms with E-state index in [2.05, 4.69) is 25.1 Å². The lowest BCUT2D eigenvalue weighted by molar-refractivity contribution is 0.171. The van der Waals surface area contributed by atoms with Crippen molar-refractivity contribution in [1.29, 1.82) is 0 Å². The van der Waals surface area contributed by atoms with Gasteiger partial charge in [-0.1, -0.05) is 30.3 Å². The van der Waals surface area contributed by atoms with Crippen LogP contribution in [0.1, 0.15) is 22.7 Å². The zero-order valence-electron chi connectivity index (χ0n) is 11.6. The van der Waals surface area contributed by atoms with Crippen molar-refractivity contribution in [1.82, 2.24) is 0 Å². The molecule has 104 valence electrons. The molecule has 3 rings (SSSR count). The molecule has 0 spiro atoms. The topological polar surface area (TPSA) is 44.5 Å². The number of ether oxygens (including phenoxy) is 2. The molecular formula is C17H19NO2. The summed E-state index contributed by atoms with van der Waals surface area (Å²) in [5.74, 6) is 1.65. The second-order valence-electron chi connectivity index (χ2n) is 5.15. The Morgan fingerprint density at radius 1 is 1.05 bits per heavy atom. The highest BCUT2D eigenvalue weighted by molar-refractivity contribution is 5.44. The van der Waals surface area contributed by atoms with Crippen molar-refractivity contribution in [3.8, 4) is 11.5 Å². The van der Waals surface area contributed by atoms with Crippen LogP contribution in [-0.2, 0) is 6.42 Å². The summed E-state index contributed by atoms with van der Waals surface area (Å²) in [7, 11) is 0. The minimum Gasteiger partial charge on any atom is -0.486 e. The molecular weight excluding hydrogens is 250 g/mol. The number of rotatable bonds is 3. The minimum atomic E-state index is -0.00115. The first kappa shape index (κ1) is 13.0. The molecule has 3 heteroatoms. The van der Waals surface area contributed by atoms with E-state index in [0.29, 0.717) is 13.2 Å². The van der Waals surface area contributed by atoms with Crippen molar-refractivity contribution >= 4 is 0 Å². The smallest absolute Gasteiger partial charge is 0.161 e. The molecule has 0 bridgehead atoms. The molecule has 1 unspecified atom stereocenters. The van der Waals surface area contributed by atoms with Crippen molar-refractivity contribution in [3.05, 3.63) is 59.2 Å². The maximum atomic E-state index is 6.33. The van der Waals surface area contributed by atoms with Crippen LogP contribution in [0.3, 0.4) is 0 Å². The summed E-state index contributed by atoms with van der Waals surface area (Å²) in [6, 6.07) is 14.3. The highest BCUT2D eigenvalue weighted by atomic mass is 16.6. The van der Waals surface area contributed by atoms with Crippen LogP contribution >= 0.6 is 0 Å². The van der Waals surface area contributed by atoms with Crippen LogP contribution in [0.15, 0.2) is 42.5 Å². The van der Waals surface area contributed by atoms with E-state index in [1.807, 2.05) is 24.3 Å². The van der Waals surface area contributed by atoms with Gasteiger partial charge in [0.25, 0.3) is 0 Å². The van der Waals surface area contributed by atoms with Crippen LogP contribution in [0.2, 0.25) is 0 Å². The molecule has 1 heterocycles. The van der Waals surface area contributed by atoms with Gasteiger partial charge in [-0.15, -0.1) is 0 Å². The first-order valence-corrected chi connectivity index (χ1v) is 6.93. The van der Waals surface area contributed by atoms with Crippen LogP contribution in [0.5, 0.6) is 11.5 Å². The normalized spacial score (nSPS) is 14.9. The van der Waals surface area contributed by atoms with Gasteiger partial charge in [0.15, 0.2) is 11.5 Å². The van der Waals surface area contributed by atoms with Gasteiger partial charge in [-0.25, -0.2) is 0 Å². The zero-order chi connectivity index (χ0) is 13.9. The fraction of sp³-hybridized carbons (Fsp3) is 0.294. The average Bonchev–Trinajstić information content (AvgIpc) is 2.47. The fourth-order valence-corrected chi connectivity index (χ4v) is 2.58. The Hall–Kier alpha value is -2.00. The third kappa shape index (κ3) is 2.63. The Kier molecular flexibility index (Phi) is 3.61. The Balaban J connectivity index is 1.79. The number of hydrogen-bond acceptors (Lipinski definition) is 3. The summed E-state index contributed by atoms with van der Waals surface area (Å²) < 4.78 is 11.1. The first-order valence-electron chi connectivity index (χ1n) is 6.93. The van der Waals surface area contributed by atoms with Gasteiger partial charge in [0.1, 0.15) is 13.2 Å². The molecule has 0 aromatic heterocycles. The second kappa shape index (κ2) is 5.55. The summed E-state index contributed by atoms with van der Waals surface area (Å²) in [5, 5.41) is 0. The summed E-state index contributed by atoms with van der Waals surface area (Å²) >= 11 is 0. The predicted molar refractivity (Wildman–Crippen MR) is 79.2 cm³/mol. The average molecular weight is 269 g/mol. The molecule has 0 fully saturated rings. The maximum Gasteiger partial charge on any atom is 0.161 e. The van der Waals surface area contributed by atoms with Crippen LogP contribution < -0.4 is 15.2 Å². The van der Waals surface area contributed by atoms with Crippen LogP contribution in [0.4, 0.5) is 0 Å². The third-order valence-corrected chi connectivity index (χ3v) is 3.65. The monoisotopic (exact) mass is 269 g/mol. The van der Waals surface area contributed by atoms with E-state index in [1.54, 1.807) is 0 Å². The van der Waals surface area contributed by atoms with Crippen LogP contribution in [0, 0.1) is 6.92 Å². The van der Waals surface area contributed by atoms with Gasteiger partial charge in [0.2, 0.25) is 0 Å². The highest BCUT2D eigenvalue weighted by Crippen LogP contribution is 2.32. The number of fused-ring (bicyclic) bond motifs is 1. The summed E-state index contributed by atoms with van der Waals surface area (Å²) in [6.07, 6.45) is 0.793. The van der Waals surface area contributed by atoms with E-state index in [1.165, 1.54) is 16.7 Å². The number of benzene rings is 2. The maximum absolute atomic E-state index is 6.33. The van der Waals surface area contributed by atoms with E-state index >= 15 is 0 Å². The SMILES string of the molecule is Cc1ccccc1C(N)Cc1ccc2c(c1)OCCO2. The largest absolute Gasteiger partial charge is 0.486 e. The Morgan fingerprint density at radius 2 is 1.80 bits per heavy atom. The predicted octanol–water partition coefficient (Wildman–Crippen LogP) is 3.01. The fourth-order valence-electron chi connectivity index (χ4n) is 2.58. The van der Waals surface area contributed by atoms with E-state index in [9.17, 15) is 0 Å². The van der Waals surface area contributed by atoms with E-state index in [0.717, 1.165) is 17.9 Å². The van der Waals surface area contributed by atoms with Gasteiger partial charge in [0, 0.05) is 6.04 Å². The molecule has 1 atom stereocenters. The molecule has 20 heavy (non-hydrogen) atoms. The highest BCUT2D eigenvalue weighted by Gasteiger charge is 2.14. The van der Waals surface area contributed by atoms with Gasteiger partial charge in [-0.2, -0.15) is 0 Å². The quantitative estimate of drug-likeness (QED) is 0.931. The number of nitrogens with two attached hydrogens (primary N) is 1. The van der Waals surface area contributed by atoms with Crippen molar-refractivity contribution in [2.24, 2.45) is 5.73 Å². The lowest BCUT2D eigenvalue weighted by atomic mass is 9.96. The molecule has 2 N–H and O–H groups in total. The third-order valence-electron chi connectivity index (χ3n) is 3.65. The summed E-state index contributed by atoms with van der Waals surface area (Å²) in [5.41, 5.74) is 9.93. The van der Waals surface area contributed by atoms with Gasteiger partial charge >= 0.3 is 0 Å². The molecule has 0 saturated heterocycles. The first-order chi connectivity index (χ1) is 9.74. The van der Waals surface area contributed by atoms with Crippen molar-refractivity contribution < 1.29 is 9.47 Å². The van der Waals surface area contributed by atoms with Crippen LogP contribution in [-0.4, -0.2) is 13.2 Å². The van der Waals surface area contributed by atoms with E-state index < -0.39 is 0 Å². The lowest BCUT2D eigenvalue weighted by Gasteiger charge is -2.20. The van der Waals surface area contributed by atoms with Crippen molar-refractivity contribution in [2.45, 2.75) is 19.4 Å². The molecule has 0 radical (unpaired) electrons. The number of aryl methyl sites for hydroxylation is 1. The summed E-state index contributed by atoms with van der Waals surface area (Å²) in [4.78, 5) is 0. The Labute approximate surface area is 119 Å². The minimum absolute atomic E-state index is 0.00115. The standard InChI is InChI=1S/C17H19NO2/c1-12-4-2-3-5-14(12)15(18)10-13-6-7-16-17(11-13)20-9-8-19-16/h2-7,11,15H,8-10,18H2,1H3. The van der Waals surface area contributed by atoms with Gasteiger partial charge in [-0.3, -0.25) is 0 Å². The molecule has 3 nitrogen and oxygen atoms in total. The summed E-state index contributed by atoms with van der Waals surface area (Å²) in [6.45, 7) is 3.33. The van der Waals surface area contributed by atoms with Gasteiger partial charge in [0.05, 0.1) is 0 Å². The second-order valence-corrected chi connectivity index (χ2v) is 5.15.